The fourth-order valence-corrected chi connectivity index (χ4v) is 5.14. The van der Waals surface area contributed by atoms with Crippen LogP contribution < -0.4 is 10.2 Å². The number of nitrogens with one attached hydrogen (secondary N) is 1. The molecule has 174 valence electrons. The van der Waals surface area contributed by atoms with E-state index < -0.39 is 5.91 Å². The Morgan fingerprint density at radius 1 is 1.00 bits per heavy atom. The van der Waals surface area contributed by atoms with Gasteiger partial charge in [0.25, 0.3) is 0 Å². The summed E-state index contributed by atoms with van der Waals surface area (Å²) in [6.07, 6.45) is 1.59. The fraction of sp³-hybridized carbons (Fsp3) is 0.0370. The van der Waals surface area contributed by atoms with Crippen LogP contribution in [0.25, 0.3) is 21.7 Å². The van der Waals surface area contributed by atoms with Crippen LogP contribution in [0, 0.1) is 0 Å². The molecule has 0 aliphatic heterocycles. The molecule has 0 saturated carbocycles. The Bertz CT molecular complexity index is 1580. The van der Waals surface area contributed by atoms with E-state index in [-0.39, 0.29) is 5.76 Å². The van der Waals surface area contributed by atoms with Gasteiger partial charge in [-0.25, -0.2) is 5.43 Å². The molecular weight excluding hydrogens is 596 g/mol. The summed E-state index contributed by atoms with van der Waals surface area (Å²) < 4.78 is 13.5. The Labute approximate surface area is 223 Å². The minimum absolute atomic E-state index is 0.160. The first-order valence-corrected chi connectivity index (χ1v) is 12.6. The molecule has 1 N–H and O–H groups in total. The number of hydrazone groups is 1. The highest BCUT2D eigenvalue weighted by Crippen LogP contribution is 2.31. The van der Waals surface area contributed by atoms with Gasteiger partial charge in [0, 0.05) is 20.4 Å². The van der Waals surface area contributed by atoms with E-state index >= 15 is 0 Å². The van der Waals surface area contributed by atoms with E-state index in [1.807, 2.05) is 72.8 Å². The second-order valence-corrected chi connectivity index (χ2v) is 9.94. The molecule has 8 heteroatoms. The van der Waals surface area contributed by atoms with Crippen LogP contribution in [0.3, 0.4) is 0 Å². The van der Waals surface area contributed by atoms with Crippen molar-refractivity contribution in [2.24, 2.45) is 5.10 Å². The molecule has 0 aliphatic carbocycles. The van der Waals surface area contributed by atoms with Crippen molar-refractivity contribution in [1.82, 2.24) is 5.43 Å². The molecule has 0 bridgehead atoms. The normalized spacial score (nSPS) is 11.4. The number of fused-ring (bicyclic) bond motifs is 2. The lowest BCUT2D eigenvalue weighted by Crippen LogP contribution is -2.16. The Hall–Kier alpha value is -3.13. The summed E-state index contributed by atoms with van der Waals surface area (Å²) in [5.41, 5.74) is 4.89. The van der Waals surface area contributed by atoms with Crippen LogP contribution in [0.4, 0.5) is 0 Å². The van der Waals surface area contributed by atoms with E-state index in [2.05, 4.69) is 42.4 Å². The number of hydrogen-bond acceptors (Lipinski definition) is 4. The number of carbonyl (C=O) groups is 1. The summed E-state index contributed by atoms with van der Waals surface area (Å²) in [6, 6.07) is 24.7. The Morgan fingerprint density at radius 3 is 2.63 bits per heavy atom. The molecular formula is C27H17Br2ClN2O3. The monoisotopic (exact) mass is 610 g/mol. The molecule has 0 aliphatic rings. The van der Waals surface area contributed by atoms with Crippen LogP contribution in [0.2, 0.25) is 5.02 Å². The highest BCUT2D eigenvalue weighted by molar-refractivity contribution is 9.11. The van der Waals surface area contributed by atoms with Gasteiger partial charge in [-0.05, 0) is 68.7 Å². The molecule has 0 spiro atoms. The van der Waals surface area contributed by atoms with Gasteiger partial charge in [0.15, 0.2) is 5.76 Å². The molecule has 0 fully saturated rings. The van der Waals surface area contributed by atoms with Crippen molar-refractivity contribution in [1.29, 1.82) is 0 Å². The SMILES string of the molecule is O=C(N/N=C\c1c(OCc2ccc(Cl)cc2)ccc2ccccc12)c1cc2cc(Br)cc(Br)c2o1. The third-order valence-corrected chi connectivity index (χ3v) is 6.66. The summed E-state index contributed by atoms with van der Waals surface area (Å²) in [5.74, 6) is 0.353. The molecule has 0 atom stereocenters. The molecule has 1 aromatic heterocycles. The van der Waals surface area contributed by atoms with Crippen LogP contribution >= 0.6 is 43.5 Å². The molecule has 1 heterocycles. The van der Waals surface area contributed by atoms with Crippen LogP contribution in [0.1, 0.15) is 21.7 Å². The number of carbonyl (C=O) groups excluding carboxylic acids is 1. The molecule has 0 saturated heterocycles. The third kappa shape index (κ3) is 5.27. The molecule has 1 amide bonds. The first-order chi connectivity index (χ1) is 17.0. The lowest BCUT2D eigenvalue weighted by Gasteiger charge is -2.12. The molecule has 5 rings (SSSR count). The van der Waals surface area contributed by atoms with Gasteiger partial charge in [0.2, 0.25) is 0 Å². The zero-order valence-electron chi connectivity index (χ0n) is 18.1. The zero-order valence-corrected chi connectivity index (χ0v) is 22.0. The number of furan rings is 1. The largest absolute Gasteiger partial charge is 0.488 e. The quantitative estimate of drug-likeness (QED) is 0.156. The average molecular weight is 613 g/mol. The molecule has 4 aromatic carbocycles. The van der Waals surface area contributed by atoms with E-state index in [4.69, 9.17) is 20.8 Å². The minimum Gasteiger partial charge on any atom is -0.488 e. The second-order valence-electron chi connectivity index (χ2n) is 7.73. The van der Waals surface area contributed by atoms with Crippen molar-refractivity contribution in [3.63, 3.8) is 0 Å². The summed E-state index contributed by atoms with van der Waals surface area (Å²) >= 11 is 12.9. The second kappa shape index (κ2) is 10.2. The van der Waals surface area contributed by atoms with E-state index in [9.17, 15) is 4.79 Å². The molecule has 35 heavy (non-hydrogen) atoms. The van der Waals surface area contributed by atoms with Crippen molar-refractivity contribution < 1.29 is 13.9 Å². The molecule has 5 nitrogen and oxygen atoms in total. The lowest BCUT2D eigenvalue weighted by molar-refractivity contribution is 0.0929. The molecule has 0 radical (unpaired) electrons. The number of amides is 1. The van der Waals surface area contributed by atoms with E-state index in [1.165, 1.54) is 0 Å². The maximum atomic E-state index is 12.7. The highest BCUT2D eigenvalue weighted by atomic mass is 79.9. The number of hydrogen-bond donors (Lipinski definition) is 1. The number of nitrogens with zero attached hydrogens (tertiary/aromatic N) is 1. The van der Waals surface area contributed by atoms with Crippen LogP contribution in [-0.2, 0) is 6.61 Å². The van der Waals surface area contributed by atoms with E-state index in [0.29, 0.717) is 23.0 Å². The Balaban J connectivity index is 1.39. The van der Waals surface area contributed by atoms with E-state index in [1.54, 1.807) is 12.3 Å². The highest BCUT2D eigenvalue weighted by Gasteiger charge is 2.14. The van der Waals surface area contributed by atoms with Crippen LogP contribution in [-0.4, -0.2) is 12.1 Å². The summed E-state index contributed by atoms with van der Waals surface area (Å²) in [7, 11) is 0. The van der Waals surface area contributed by atoms with E-state index in [0.717, 1.165) is 36.2 Å². The topological polar surface area (TPSA) is 63.8 Å². The van der Waals surface area contributed by atoms with Gasteiger partial charge in [-0.2, -0.15) is 5.10 Å². The predicted octanol–water partition coefficient (Wildman–Crippen LogP) is 8.11. The van der Waals surface area contributed by atoms with Gasteiger partial charge in [0.05, 0.1) is 10.7 Å². The third-order valence-electron chi connectivity index (χ3n) is 5.36. The number of benzene rings is 4. The Morgan fingerprint density at radius 2 is 1.80 bits per heavy atom. The number of ether oxygens (including phenoxy) is 1. The number of halogens is 3. The molecule has 5 aromatic rings. The van der Waals surface area contributed by atoms with Crippen molar-refractivity contribution in [3.8, 4) is 5.75 Å². The molecule has 0 unspecified atom stereocenters. The van der Waals surface area contributed by atoms with Crippen LogP contribution in [0.5, 0.6) is 5.75 Å². The zero-order chi connectivity index (χ0) is 24.4. The van der Waals surface area contributed by atoms with Crippen molar-refractivity contribution in [3.05, 3.63) is 110 Å². The van der Waals surface area contributed by atoms with Gasteiger partial charge < -0.3 is 9.15 Å². The smallest absolute Gasteiger partial charge is 0.307 e. The maximum Gasteiger partial charge on any atom is 0.307 e. The number of rotatable bonds is 6. The van der Waals surface area contributed by atoms with Gasteiger partial charge in [-0.1, -0.05) is 70.0 Å². The fourth-order valence-electron chi connectivity index (χ4n) is 3.67. The first kappa shape index (κ1) is 23.6. The van der Waals surface area contributed by atoms with Gasteiger partial charge >= 0.3 is 5.91 Å². The minimum atomic E-state index is -0.454. The predicted molar refractivity (Wildman–Crippen MR) is 146 cm³/mol. The van der Waals surface area contributed by atoms with Crippen LogP contribution in [0.15, 0.2) is 97.3 Å². The van der Waals surface area contributed by atoms with Crippen molar-refractivity contribution >= 4 is 77.3 Å². The average Bonchev–Trinajstić information content (AvgIpc) is 3.29. The van der Waals surface area contributed by atoms with Gasteiger partial charge in [0.1, 0.15) is 17.9 Å². The summed E-state index contributed by atoms with van der Waals surface area (Å²) in [5, 5.41) is 7.66. The summed E-state index contributed by atoms with van der Waals surface area (Å²) in [4.78, 5) is 12.7. The lowest BCUT2D eigenvalue weighted by atomic mass is 10.0. The first-order valence-electron chi connectivity index (χ1n) is 10.6. The Kier molecular flexibility index (Phi) is 6.90. The standard InChI is InChI=1S/C27H17Br2ClN2O3/c28-19-11-18-12-25(35-26(18)23(29)13-19)27(33)32-31-14-22-21-4-2-1-3-17(21)7-10-24(22)34-15-16-5-8-20(30)9-6-16/h1-14H,15H2,(H,32,33)/b31-14-. The van der Waals surface area contributed by atoms with Crippen molar-refractivity contribution in [2.45, 2.75) is 6.61 Å². The summed E-state index contributed by atoms with van der Waals surface area (Å²) in [6.45, 7) is 0.367. The van der Waals surface area contributed by atoms with Gasteiger partial charge in [-0.15, -0.1) is 0 Å². The van der Waals surface area contributed by atoms with Crippen molar-refractivity contribution in [2.75, 3.05) is 0 Å². The van der Waals surface area contributed by atoms with Gasteiger partial charge in [-0.3, -0.25) is 4.79 Å². The maximum absolute atomic E-state index is 12.7.